The molecular formula is C15H23N. The molecular weight excluding hydrogens is 194 g/mol. The zero-order valence-corrected chi connectivity index (χ0v) is 10.7. The van der Waals surface area contributed by atoms with Gasteiger partial charge in [-0.3, -0.25) is 0 Å². The van der Waals surface area contributed by atoms with E-state index in [0.717, 1.165) is 12.6 Å². The first-order valence-corrected chi connectivity index (χ1v) is 6.39. The Labute approximate surface area is 99.3 Å². The van der Waals surface area contributed by atoms with Crippen LogP contribution >= 0.6 is 0 Å². The van der Waals surface area contributed by atoms with Crippen LogP contribution in [0.5, 0.6) is 0 Å². The average Bonchev–Trinajstić information content (AvgIpc) is 3.02. The Kier molecular flexibility index (Phi) is 3.34. The molecule has 1 aromatic rings. The Morgan fingerprint density at radius 1 is 1.25 bits per heavy atom. The summed E-state index contributed by atoms with van der Waals surface area (Å²) in [5.74, 6) is 0. The number of aryl methyl sites for hydroxylation is 1. The zero-order valence-electron chi connectivity index (χ0n) is 10.7. The van der Waals surface area contributed by atoms with E-state index in [4.69, 9.17) is 0 Å². The molecule has 0 unspecified atom stereocenters. The molecule has 1 saturated carbocycles. The van der Waals surface area contributed by atoms with E-state index in [-0.39, 0.29) is 5.41 Å². The van der Waals surface area contributed by atoms with E-state index in [2.05, 4.69) is 50.4 Å². The summed E-state index contributed by atoms with van der Waals surface area (Å²) in [6, 6.07) is 9.58. The zero-order chi connectivity index (χ0) is 11.6. The molecule has 0 atom stereocenters. The summed E-state index contributed by atoms with van der Waals surface area (Å²) in [7, 11) is 0. The smallest absolute Gasteiger partial charge is 0.00682 e. The van der Waals surface area contributed by atoms with Crippen molar-refractivity contribution in [3.05, 3.63) is 35.4 Å². The fourth-order valence-electron chi connectivity index (χ4n) is 2.34. The van der Waals surface area contributed by atoms with Gasteiger partial charge in [0.25, 0.3) is 0 Å². The van der Waals surface area contributed by atoms with Crippen molar-refractivity contribution in [3.8, 4) is 0 Å². The molecule has 0 spiro atoms. The van der Waals surface area contributed by atoms with Crippen LogP contribution in [-0.4, -0.2) is 12.6 Å². The second kappa shape index (κ2) is 4.58. The molecule has 0 aliphatic heterocycles. The van der Waals surface area contributed by atoms with Gasteiger partial charge in [0.2, 0.25) is 0 Å². The van der Waals surface area contributed by atoms with Gasteiger partial charge < -0.3 is 5.32 Å². The van der Waals surface area contributed by atoms with E-state index in [1.807, 2.05) is 0 Å². The summed E-state index contributed by atoms with van der Waals surface area (Å²) < 4.78 is 0. The highest BCUT2D eigenvalue weighted by Gasteiger charge is 2.24. The number of hydrogen-bond acceptors (Lipinski definition) is 1. The molecule has 1 aliphatic carbocycles. The number of rotatable bonds is 5. The van der Waals surface area contributed by atoms with Crippen molar-refractivity contribution >= 4 is 0 Å². The molecule has 1 fully saturated rings. The van der Waals surface area contributed by atoms with Crippen LogP contribution in [-0.2, 0) is 5.41 Å². The topological polar surface area (TPSA) is 12.0 Å². The van der Waals surface area contributed by atoms with Gasteiger partial charge in [-0.05, 0) is 49.3 Å². The number of nitrogens with one attached hydrogen (secondary N) is 1. The van der Waals surface area contributed by atoms with Crippen molar-refractivity contribution in [2.75, 3.05) is 6.54 Å². The van der Waals surface area contributed by atoms with Crippen LogP contribution in [0, 0.1) is 6.92 Å². The molecule has 0 radical (unpaired) electrons. The molecule has 1 nitrogen and oxygen atoms in total. The molecule has 16 heavy (non-hydrogen) atoms. The predicted octanol–water partition coefficient (Wildman–Crippen LogP) is 3.41. The molecule has 0 aromatic heterocycles. The lowest BCUT2D eigenvalue weighted by molar-refractivity contribution is 0.454. The van der Waals surface area contributed by atoms with Crippen molar-refractivity contribution in [2.45, 2.75) is 51.5 Å². The third-order valence-corrected chi connectivity index (χ3v) is 3.63. The van der Waals surface area contributed by atoms with Gasteiger partial charge in [-0.25, -0.2) is 0 Å². The molecule has 1 N–H and O–H groups in total. The van der Waals surface area contributed by atoms with Crippen LogP contribution in [0.4, 0.5) is 0 Å². The second-order valence-electron chi connectivity index (χ2n) is 5.68. The molecule has 1 aromatic carbocycles. The summed E-state index contributed by atoms with van der Waals surface area (Å²) >= 11 is 0. The minimum atomic E-state index is 0.285. The highest BCUT2D eigenvalue weighted by Crippen LogP contribution is 2.29. The SMILES string of the molecule is Cc1ccccc1C(C)(C)CCNC1CC1. The van der Waals surface area contributed by atoms with E-state index in [1.165, 1.54) is 30.4 Å². The number of benzene rings is 1. The minimum Gasteiger partial charge on any atom is -0.314 e. The van der Waals surface area contributed by atoms with E-state index in [0.29, 0.717) is 0 Å². The maximum Gasteiger partial charge on any atom is 0.00682 e. The molecule has 0 saturated heterocycles. The van der Waals surface area contributed by atoms with Gasteiger partial charge in [-0.2, -0.15) is 0 Å². The Bertz CT molecular complexity index is 350. The van der Waals surface area contributed by atoms with Gasteiger partial charge in [0, 0.05) is 6.04 Å². The Hall–Kier alpha value is -0.820. The molecule has 88 valence electrons. The molecule has 0 heterocycles. The summed E-state index contributed by atoms with van der Waals surface area (Å²) in [6.07, 6.45) is 3.98. The van der Waals surface area contributed by atoms with Crippen LogP contribution in [0.1, 0.15) is 44.2 Å². The average molecular weight is 217 g/mol. The monoisotopic (exact) mass is 217 g/mol. The van der Waals surface area contributed by atoms with E-state index < -0.39 is 0 Å². The first kappa shape index (κ1) is 11.7. The van der Waals surface area contributed by atoms with Crippen molar-refractivity contribution in [1.29, 1.82) is 0 Å². The van der Waals surface area contributed by atoms with Gasteiger partial charge in [0.05, 0.1) is 0 Å². The van der Waals surface area contributed by atoms with Crippen LogP contribution in [0.15, 0.2) is 24.3 Å². The maximum atomic E-state index is 3.60. The first-order chi connectivity index (χ1) is 7.59. The molecule has 0 amide bonds. The molecule has 1 heteroatoms. The molecule has 0 bridgehead atoms. The van der Waals surface area contributed by atoms with Crippen LogP contribution in [0.2, 0.25) is 0 Å². The fourth-order valence-corrected chi connectivity index (χ4v) is 2.34. The van der Waals surface area contributed by atoms with Crippen LogP contribution in [0.25, 0.3) is 0 Å². The highest BCUT2D eigenvalue weighted by atomic mass is 14.9. The third-order valence-electron chi connectivity index (χ3n) is 3.63. The third kappa shape index (κ3) is 2.85. The van der Waals surface area contributed by atoms with Crippen molar-refractivity contribution < 1.29 is 0 Å². The van der Waals surface area contributed by atoms with E-state index >= 15 is 0 Å². The Balaban J connectivity index is 1.96. The standard InChI is InChI=1S/C15H23N/c1-12-6-4-5-7-14(12)15(2,3)10-11-16-13-8-9-13/h4-7,13,16H,8-11H2,1-3H3. The second-order valence-corrected chi connectivity index (χ2v) is 5.68. The largest absolute Gasteiger partial charge is 0.314 e. The van der Waals surface area contributed by atoms with Crippen molar-refractivity contribution in [1.82, 2.24) is 5.32 Å². The van der Waals surface area contributed by atoms with Gasteiger partial charge in [0.15, 0.2) is 0 Å². The lowest BCUT2D eigenvalue weighted by atomic mass is 9.79. The van der Waals surface area contributed by atoms with E-state index in [9.17, 15) is 0 Å². The normalized spacial score (nSPS) is 16.4. The van der Waals surface area contributed by atoms with Gasteiger partial charge in [-0.1, -0.05) is 38.1 Å². The maximum absolute atomic E-state index is 3.60. The Morgan fingerprint density at radius 2 is 1.94 bits per heavy atom. The van der Waals surface area contributed by atoms with Crippen molar-refractivity contribution in [2.24, 2.45) is 0 Å². The molecule has 1 aliphatic rings. The first-order valence-electron chi connectivity index (χ1n) is 6.39. The van der Waals surface area contributed by atoms with Crippen LogP contribution in [0.3, 0.4) is 0 Å². The van der Waals surface area contributed by atoms with Crippen LogP contribution < -0.4 is 5.32 Å². The lowest BCUT2D eigenvalue weighted by Crippen LogP contribution is -2.27. The van der Waals surface area contributed by atoms with Gasteiger partial charge in [-0.15, -0.1) is 0 Å². The fraction of sp³-hybridized carbons (Fsp3) is 0.600. The summed E-state index contributed by atoms with van der Waals surface area (Å²) in [4.78, 5) is 0. The van der Waals surface area contributed by atoms with Gasteiger partial charge >= 0.3 is 0 Å². The van der Waals surface area contributed by atoms with Crippen molar-refractivity contribution in [3.63, 3.8) is 0 Å². The quantitative estimate of drug-likeness (QED) is 0.797. The highest BCUT2D eigenvalue weighted by molar-refractivity contribution is 5.32. The van der Waals surface area contributed by atoms with Gasteiger partial charge in [0.1, 0.15) is 0 Å². The Morgan fingerprint density at radius 3 is 2.56 bits per heavy atom. The number of hydrogen-bond donors (Lipinski definition) is 1. The lowest BCUT2D eigenvalue weighted by Gasteiger charge is -2.27. The minimum absolute atomic E-state index is 0.285. The van der Waals surface area contributed by atoms with E-state index in [1.54, 1.807) is 0 Å². The predicted molar refractivity (Wildman–Crippen MR) is 69.8 cm³/mol. The summed E-state index contributed by atoms with van der Waals surface area (Å²) in [5.41, 5.74) is 3.19. The molecule has 2 rings (SSSR count). The summed E-state index contributed by atoms with van der Waals surface area (Å²) in [5, 5.41) is 3.60. The summed E-state index contributed by atoms with van der Waals surface area (Å²) in [6.45, 7) is 8.06.